The summed E-state index contributed by atoms with van der Waals surface area (Å²) in [6.07, 6.45) is 3.33. The van der Waals surface area contributed by atoms with Gasteiger partial charge in [0.05, 0.1) is 53.6 Å². The highest BCUT2D eigenvalue weighted by Crippen LogP contribution is 2.33. The van der Waals surface area contributed by atoms with E-state index < -0.39 is 11.7 Å². The number of aliphatic hydroxyl groups excluding tert-OH is 1. The van der Waals surface area contributed by atoms with Crippen LogP contribution in [0.2, 0.25) is 5.02 Å². The summed E-state index contributed by atoms with van der Waals surface area (Å²) in [5.74, 6) is -1.34. The number of aryl methyl sites for hydroxylation is 2. The highest BCUT2D eigenvalue weighted by atomic mass is 35.5. The third-order valence-electron chi connectivity index (χ3n) is 5.47. The minimum Gasteiger partial charge on any atom is -0.394 e. The largest absolute Gasteiger partial charge is 0.394 e. The number of hydrogen-bond donors (Lipinski definition) is 4. The van der Waals surface area contributed by atoms with Gasteiger partial charge < -0.3 is 25.0 Å². The van der Waals surface area contributed by atoms with Crippen LogP contribution in [-0.4, -0.2) is 60.1 Å². The number of imidazole rings is 1. The lowest BCUT2D eigenvalue weighted by molar-refractivity contribution is 0.0169. The van der Waals surface area contributed by atoms with Crippen LogP contribution >= 0.6 is 11.6 Å². The topological polar surface area (TPSA) is 110 Å². The molecule has 0 unspecified atom stereocenters. The van der Waals surface area contributed by atoms with Crippen LogP contribution in [-0.2, 0) is 16.1 Å². The first-order valence-electron chi connectivity index (χ1n) is 13.0. The molecule has 0 fully saturated rings. The fourth-order valence-electron chi connectivity index (χ4n) is 3.66. The Hall–Kier alpha value is -2.76. The summed E-state index contributed by atoms with van der Waals surface area (Å²) in [5.41, 5.74) is 4.23. The molecule has 0 atom stereocenters. The molecule has 0 spiro atoms. The van der Waals surface area contributed by atoms with Gasteiger partial charge in [-0.15, -0.1) is 0 Å². The van der Waals surface area contributed by atoms with E-state index in [9.17, 15) is 4.79 Å². The van der Waals surface area contributed by atoms with Crippen molar-refractivity contribution < 1.29 is 23.9 Å². The van der Waals surface area contributed by atoms with E-state index in [1.807, 2.05) is 38.3 Å². The van der Waals surface area contributed by atoms with Crippen molar-refractivity contribution in [2.75, 3.05) is 44.8 Å². The predicted molar refractivity (Wildman–Crippen MR) is 150 cm³/mol. The minimum atomic E-state index is -0.673. The highest BCUT2D eigenvalue weighted by molar-refractivity contribution is 6.33. The van der Waals surface area contributed by atoms with E-state index in [0.29, 0.717) is 36.0 Å². The lowest BCUT2D eigenvalue weighted by Crippen LogP contribution is -2.26. The van der Waals surface area contributed by atoms with Gasteiger partial charge in [-0.25, -0.2) is 14.9 Å². The number of rotatable bonds is 15. The maximum Gasteiger partial charge on any atom is 0.277 e. The molecule has 38 heavy (non-hydrogen) atoms. The van der Waals surface area contributed by atoms with E-state index in [4.69, 9.17) is 26.3 Å². The van der Waals surface area contributed by atoms with Gasteiger partial charge in [-0.1, -0.05) is 31.5 Å². The van der Waals surface area contributed by atoms with E-state index in [1.54, 1.807) is 24.5 Å². The van der Waals surface area contributed by atoms with Crippen molar-refractivity contribution >= 4 is 39.9 Å². The second-order valence-electron chi connectivity index (χ2n) is 8.18. The monoisotopic (exact) mass is 551 g/mol. The van der Waals surface area contributed by atoms with E-state index in [1.165, 1.54) is 0 Å². The summed E-state index contributed by atoms with van der Waals surface area (Å²) in [5, 5.41) is 15.6. The van der Waals surface area contributed by atoms with Crippen molar-refractivity contribution in [3.8, 4) is 0 Å². The van der Waals surface area contributed by atoms with E-state index in [2.05, 4.69) is 21.1 Å². The first-order chi connectivity index (χ1) is 18.5. The van der Waals surface area contributed by atoms with Crippen molar-refractivity contribution in [1.29, 1.82) is 0 Å². The number of aliphatic hydroxyl groups is 1. The number of amides is 1. The Morgan fingerprint density at radius 1 is 1.18 bits per heavy atom. The lowest BCUT2D eigenvalue weighted by Gasteiger charge is -2.16. The average Bonchev–Trinajstić information content (AvgIpc) is 3.32. The molecule has 3 rings (SSSR count). The second-order valence-corrected chi connectivity index (χ2v) is 8.59. The molecule has 0 aliphatic rings. The Labute approximate surface area is 228 Å². The number of unbranched alkanes of at least 4 members (excludes halogenated alkanes) is 1. The second kappa shape index (κ2) is 17.0. The summed E-state index contributed by atoms with van der Waals surface area (Å²) >= 11 is 6.34. The number of fused-ring (bicyclic) bond motifs is 1. The van der Waals surface area contributed by atoms with Crippen LogP contribution in [0.4, 0.5) is 15.8 Å². The van der Waals surface area contributed by atoms with Crippen LogP contribution in [0.5, 0.6) is 0 Å². The third-order valence-corrected chi connectivity index (χ3v) is 5.79. The van der Waals surface area contributed by atoms with Crippen LogP contribution in [0.15, 0.2) is 30.6 Å². The molecule has 1 amide bonds. The molecule has 0 saturated carbocycles. The molecule has 0 radical (unpaired) electrons. The first-order valence-corrected chi connectivity index (χ1v) is 13.4. The Kier molecular flexibility index (Phi) is 14.0. The van der Waals surface area contributed by atoms with Crippen molar-refractivity contribution in [1.82, 2.24) is 20.3 Å². The molecule has 2 aromatic carbocycles. The smallest absolute Gasteiger partial charge is 0.277 e. The third kappa shape index (κ3) is 8.92. The van der Waals surface area contributed by atoms with Gasteiger partial charge in [0, 0.05) is 19.7 Å². The summed E-state index contributed by atoms with van der Waals surface area (Å²) in [7, 11) is 0. The van der Waals surface area contributed by atoms with Crippen molar-refractivity contribution in [3.05, 3.63) is 52.6 Å². The van der Waals surface area contributed by atoms with Gasteiger partial charge in [0.25, 0.3) is 5.91 Å². The number of nitrogens with one attached hydrogen (secondary N) is 3. The molecule has 9 nitrogen and oxygen atoms in total. The van der Waals surface area contributed by atoms with Gasteiger partial charge in [-0.2, -0.15) is 0 Å². The van der Waals surface area contributed by atoms with Crippen LogP contribution in [0.3, 0.4) is 0 Å². The predicted octanol–water partition coefficient (Wildman–Crippen LogP) is 4.97. The van der Waals surface area contributed by atoms with E-state index in [-0.39, 0.29) is 30.0 Å². The fraction of sp³-hybridized carbons (Fsp3) is 0.481. The van der Waals surface area contributed by atoms with Crippen molar-refractivity contribution in [2.24, 2.45) is 0 Å². The van der Waals surface area contributed by atoms with Gasteiger partial charge in [-0.3, -0.25) is 9.63 Å². The van der Waals surface area contributed by atoms with Crippen LogP contribution in [0.1, 0.15) is 49.5 Å². The van der Waals surface area contributed by atoms with Crippen LogP contribution < -0.4 is 16.1 Å². The van der Waals surface area contributed by atoms with Crippen LogP contribution in [0, 0.1) is 12.7 Å². The molecule has 3 aromatic rings. The molecular formula is C27H39ClFN5O4. The number of halogens is 2. The maximum atomic E-state index is 15.7. The molecule has 0 aliphatic heterocycles. The molecule has 4 N–H and O–H groups in total. The summed E-state index contributed by atoms with van der Waals surface area (Å²) in [6.45, 7) is 11.1. The van der Waals surface area contributed by atoms with Gasteiger partial charge in [0.2, 0.25) is 0 Å². The number of benzene rings is 2. The van der Waals surface area contributed by atoms with Crippen molar-refractivity contribution in [2.45, 2.75) is 47.1 Å². The highest BCUT2D eigenvalue weighted by Gasteiger charge is 2.22. The normalized spacial score (nSPS) is 10.8. The fourth-order valence-corrected chi connectivity index (χ4v) is 3.94. The summed E-state index contributed by atoms with van der Waals surface area (Å²) in [4.78, 5) is 22.1. The average molecular weight is 552 g/mol. The number of nitrogens with zero attached hydrogens (tertiary/aromatic N) is 2. The number of carbonyl (C=O) groups is 1. The standard InChI is InChI=1S/C25H33ClFN5O4.C2H6/c1-3-35-12-9-28-8-4-5-10-32-16-29-24-21(32)15-18(25(34)31-36-13-11-33)23(22(24)27)30-20-7-6-17(2)14-19(20)26;1-2/h6-7,14-16,28,30,33H,3-5,8-13H2,1-2H3,(H,31,34);1-2H3. The number of carbonyl (C=O) groups excluding carboxylic acids is 1. The Morgan fingerprint density at radius 3 is 2.68 bits per heavy atom. The van der Waals surface area contributed by atoms with E-state index >= 15 is 4.39 Å². The first kappa shape index (κ1) is 31.5. The van der Waals surface area contributed by atoms with Gasteiger partial charge in [-0.05, 0) is 57.0 Å². The zero-order chi connectivity index (χ0) is 27.9. The number of hydroxylamine groups is 1. The molecule has 1 heterocycles. The number of aromatic nitrogens is 2. The summed E-state index contributed by atoms with van der Waals surface area (Å²) < 4.78 is 22.8. The van der Waals surface area contributed by atoms with Gasteiger partial charge in [0.15, 0.2) is 5.82 Å². The van der Waals surface area contributed by atoms with Gasteiger partial charge >= 0.3 is 0 Å². The minimum absolute atomic E-state index is 0.0222. The molecular weight excluding hydrogens is 513 g/mol. The Morgan fingerprint density at radius 2 is 1.97 bits per heavy atom. The number of hydrogen-bond acceptors (Lipinski definition) is 7. The van der Waals surface area contributed by atoms with E-state index in [0.717, 1.165) is 31.5 Å². The SMILES string of the molecule is CC.CCOCCNCCCCn1cnc2c(F)c(Nc3ccc(C)cc3Cl)c(C(=O)NOCCO)cc21. The van der Waals surface area contributed by atoms with Crippen LogP contribution in [0.25, 0.3) is 11.0 Å². The zero-order valence-electron chi connectivity index (χ0n) is 22.6. The van der Waals surface area contributed by atoms with Crippen molar-refractivity contribution in [3.63, 3.8) is 0 Å². The summed E-state index contributed by atoms with van der Waals surface area (Å²) in [6, 6.07) is 6.86. The Bertz CT molecular complexity index is 1160. The zero-order valence-corrected chi connectivity index (χ0v) is 23.3. The lowest BCUT2D eigenvalue weighted by atomic mass is 10.1. The quantitative estimate of drug-likeness (QED) is 0.156. The molecule has 0 saturated heterocycles. The molecule has 0 aliphatic carbocycles. The number of ether oxygens (including phenoxy) is 1. The molecule has 0 bridgehead atoms. The molecule has 210 valence electrons. The number of anilines is 2. The molecule has 1 aromatic heterocycles. The van der Waals surface area contributed by atoms with Gasteiger partial charge in [0.1, 0.15) is 5.52 Å². The maximum absolute atomic E-state index is 15.7. The molecule has 11 heteroatoms. The Balaban J connectivity index is 0.00000247.